The summed E-state index contributed by atoms with van der Waals surface area (Å²) in [6, 6.07) is 11.0. The molecule has 0 unspecified atom stereocenters. The second kappa shape index (κ2) is 12.1. The number of carbonyl (C=O) groups excluding carboxylic acids is 1. The fraction of sp³-hybridized carbons (Fsp3) is 0.419. The summed E-state index contributed by atoms with van der Waals surface area (Å²) in [6.07, 6.45) is 2.72. The highest BCUT2D eigenvalue weighted by atomic mass is 16.6. The molecule has 5 rings (SSSR count). The number of hydrogen-bond donors (Lipinski definition) is 1. The van der Waals surface area contributed by atoms with E-state index in [-0.39, 0.29) is 30.3 Å². The minimum atomic E-state index is -0.606. The number of amides is 1. The average molecular weight is 585 g/mol. The summed E-state index contributed by atoms with van der Waals surface area (Å²) >= 11 is 0. The monoisotopic (exact) mass is 584 g/mol. The van der Waals surface area contributed by atoms with Crippen LogP contribution in [0.15, 0.2) is 52.2 Å². The van der Waals surface area contributed by atoms with Gasteiger partial charge < -0.3 is 15.0 Å². The molecule has 1 fully saturated rings. The molecule has 0 saturated carbocycles. The van der Waals surface area contributed by atoms with Crippen LogP contribution in [0.2, 0.25) is 0 Å². The third-order valence-electron chi connectivity index (χ3n) is 7.12. The number of rotatable bonds is 6. The number of anilines is 1. The lowest BCUT2D eigenvalue weighted by atomic mass is 10.1. The fourth-order valence-corrected chi connectivity index (χ4v) is 5.17. The molecule has 4 heterocycles. The van der Waals surface area contributed by atoms with E-state index in [1.165, 1.54) is 9.13 Å². The Kier molecular flexibility index (Phi) is 8.34. The van der Waals surface area contributed by atoms with Crippen LogP contribution in [0.4, 0.5) is 10.7 Å². The number of nitrogens with one attached hydrogen (secondary N) is 1. The number of ether oxygens (including phenoxy) is 1. The Hall–Kier alpha value is -4.92. The van der Waals surface area contributed by atoms with Crippen LogP contribution in [0.25, 0.3) is 22.6 Å². The standard InChI is InChI=1S/C31H36N8O4/c1-6-7-18-38-24-26(35-28(38)37-17-11-14-22(19-37)34-29(41)43-31(2,3)4)36(5)30(42)39(27(24)40)20-23-15-16-32-25(33-23)21-12-9-8-10-13-21/h8-10,12-13,15-16,22H,11,14,17-20H2,1-5H3,(H,34,41)/t22-/m1/s1. The van der Waals surface area contributed by atoms with Crippen molar-refractivity contribution in [1.29, 1.82) is 0 Å². The Morgan fingerprint density at radius 3 is 2.60 bits per heavy atom. The first-order valence-corrected chi connectivity index (χ1v) is 14.3. The first kappa shape index (κ1) is 29.6. The fourth-order valence-electron chi connectivity index (χ4n) is 5.17. The molecular formula is C31H36N8O4. The van der Waals surface area contributed by atoms with Gasteiger partial charge in [-0.3, -0.25) is 18.5 Å². The highest BCUT2D eigenvalue weighted by molar-refractivity contribution is 5.75. The van der Waals surface area contributed by atoms with Gasteiger partial charge in [0.2, 0.25) is 5.95 Å². The van der Waals surface area contributed by atoms with Gasteiger partial charge in [-0.15, -0.1) is 5.92 Å². The van der Waals surface area contributed by atoms with E-state index in [0.29, 0.717) is 30.6 Å². The summed E-state index contributed by atoms with van der Waals surface area (Å²) in [5, 5.41) is 2.96. The number of imidazole rings is 1. The van der Waals surface area contributed by atoms with Crippen molar-refractivity contribution in [1.82, 2.24) is 34.0 Å². The number of aromatic nitrogens is 6. The van der Waals surface area contributed by atoms with Crippen LogP contribution in [0, 0.1) is 11.8 Å². The predicted molar refractivity (Wildman–Crippen MR) is 164 cm³/mol. The van der Waals surface area contributed by atoms with Gasteiger partial charge in [0.25, 0.3) is 5.56 Å². The molecule has 12 nitrogen and oxygen atoms in total. The predicted octanol–water partition coefficient (Wildman–Crippen LogP) is 2.92. The number of nitrogens with zero attached hydrogens (tertiary/aromatic N) is 7. The van der Waals surface area contributed by atoms with Gasteiger partial charge in [-0.1, -0.05) is 36.3 Å². The van der Waals surface area contributed by atoms with Crippen LogP contribution < -0.4 is 21.5 Å². The number of alkyl carbamates (subject to hydrolysis) is 1. The van der Waals surface area contributed by atoms with E-state index in [2.05, 4.69) is 27.1 Å². The maximum Gasteiger partial charge on any atom is 0.407 e. The SMILES string of the molecule is CC#CCn1c(N2CCC[C@@H](NC(=O)OC(C)(C)C)C2)nc2c1c(=O)n(Cc1ccnc(-c3ccccc3)n1)c(=O)n2C. The molecule has 1 amide bonds. The van der Waals surface area contributed by atoms with Crippen LogP contribution in [0.1, 0.15) is 46.2 Å². The number of carbonyl (C=O) groups is 1. The Balaban J connectivity index is 1.52. The van der Waals surface area contributed by atoms with Gasteiger partial charge in [-0.2, -0.15) is 4.98 Å². The number of hydrogen-bond acceptors (Lipinski definition) is 8. The molecule has 1 aliphatic heterocycles. The van der Waals surface area contributed by atoms with Gasteiger partial charge in [0.15, 0.2) is 17.0 Å². The molecule has 1 aromatic carbocycles. The Bertz CT molecular complexity index is 1820. The molecule has 1 N–H and O–H groups in total. The molecular weight excluding hydrogens is 548 g/mol. The molecule has 0 spiro atoms. The zero-order valence-electron chi connectivity index (χ0n) is 25.1. The highest BCUT2D eigenvalue weighted by Crippen LogP contribution is 2.24. The summed E-state index contributed by atoms with van der Waals surface area (Å²) in [4.78, 5) is 55.7. The molecule has 224 valence electrons. The van der Waals surface area contributed by atoms with E-state index in [9.17, 15) is 14.4 Å². The molecule has 43 heavy (non-hydrogen) atoms. The lowest BCUT2D eigenvalue weighted by molar-refractivity contribution is 0.0499. The van der Waals surface area contributed by atoms with Gasteiger partial charge >= 0.3 is 11.8 Å². The van der Waals surface area contributed by atoms with Gasteiger partial charge in [-0.05, 0) is 46.6 Å². The van der Waals surface area contributed by atoms with E-state index >= 15 is 0 Å². The van der Waals surface area contributed by atoms with Crippen molar-refractivity contribution >= 4 is 23.2 Å². The van der Waals surface area contributed by atoms with E-state index in [1.807, 2.05) is 56.0 Å². The van der Waals surface area contributed by atoms with Gasteiger partial charge in [0.05, 0.1) is 18.8 Å². The highest BCUT2D eigenvalue weighted by Gasteiger charge is 2.29. The van der Waals surface area contributed by atoms with E-state index in [4.69, 9.17) is 9.72 Å². The van der Waals surface area contributed by atoms with Crippen molar-refractivity contribution in [2.45, 2.75) is 65.3 Å². The topological polar surface area (TPSA) is 129 Å². The molecule has 3 aromatic heterocycles. The first-order chi connectivity index (χ1) is 20.6. The summed E-state index contributed by atoms with van der Waals surface area (Å²) in [6.45, 7) is 8.50. The third-order valence-corrected chi connectivity index (χ3v) is 7.12. The van der Waals surface area contributed by atoms with Crippen molar-refractivity contribution in [2.75, 3.05) is 18.0 Å². The van der Waals surface area contributed by atoms with Gasteiger partial charge in [-0.25, -0.2) is 19.6 Å². The van der Waals surface area contributed by atoms with Crippen molar-refractivity contribution in [3.63, 3.8) is 0 Å². The minimum Gasteiger partial charge on any atom is -0.444 e. The molecule has 1 atom stereocenters. The Labute approximate surface area is 249 Å². The van der Waals surface area contributed by atoms with Crippen molar-refractivity contribution in [3.05, 3.63) is 69.1 Å². The molecule has 12 heteroatoms. The van der Waals surface area contributed by atoms with Crippen LogP contribution in [0.3, 0.4) is 0 Å². The zero-order valence-corrected chi connectivity index (χ0v) is 25.1. The van der Waals surface area contributed by atoms with Crippen LogP contribution in [-0.2, 0) is 24.9 Å². The normalized spacial score (nSPS) is 15.2. The van der Waals surface area contributed by atoms with Gasteiger partial charge in [0.1, 0.15) is 5.60 Å². The molecule has 1 saturated heterocycles. The summed E-state index contributed by atoms with van der Waals surface area (Å²) in [5.41, 5.74) is 0.327. The van der Waals surface area contributed by atoms with Crippen molar-refractivity contribution in [2.24, 2.45) is 7.05 Å². The zero-order chi connectivity index (χ0) is 30.7. The maximum absolute atomic E-state index is 14.0. The van der Waals surface area contributed by atoms with Crippen molar-refractivity contribution < 1.29 is 9.53 Å². The van der Waals surface area contributed by atoms with Crippen LogP contribution >= 0.6 is 0 Å². The Morgan fingerprint density at radius 2 is 1.88 bits per heavy atom. The molecule has 1 aliphatic rings. The minimum absolute atomic E-state index is 0.0324. The second-order valence-electron chi connectivity index (χ2n) is 11.5. The van der Waals surface area contributed by atoms with E-state index in [1.54, 1.807) is 30.8 Å². The van der Waals surface area contributed by atoms with Crippen molar-refractivity contribution in [3.8, 4) is 23.2 Å². The molecule has 4 aromatic rings. The average Bonchev–Trinajstić information content (AvgIpc) is 3.36. The molecule has 0 radical (unpaired) electrons. The van der Waals surface area contributed by atoms with Gasteiger partial charge in [0, 0.05) is 37.9 Å². The maximum atomic E-state index is 14.0. The number of benzene rings is 1. The molecule has 0 bridgehead atoms. The lowest BCUT2D eigenvalue weighted by Crippen LogP contribution is -2.49. The summed E-state index contributed by atoms with van der Waals surface area (Å²) in [5.74, 6) is 6.97. The summed E-state index contributed by atoms with van der Waals surface area (Å²) < 4.78 is 9.76. The first-order valence-electron chi connectivity index (χ1n) is 14.3. The van der Waals surface area contributed by atoms with Crippen LogP contribution in [-0.4, -0.2) is 59.5 Å². The number of aryl methyl sites for hydroxylation is 1. The summed E-state index contributed by atoms with van der Waals surface area (Å²) in [7, 11) is 1.60. The van der Waals surface area contributed by atoms with E-state index < -0.39 is 22.9 Å². The van der Waals surface area contributed by atoms with Crippen LogP contribution in [0.5, 0.6) is 0 Å². The Morgan fingerprint density at radius 1 is 1.12 bits per heavy atom. The third kappa shape index (κ3) is 6.45. The molecule has 0 aliphatic carbocycles. The number of fused-ring (bicyclic) bond motifs is 1. The number of piperidine rings is 1. The second-order valence-corrected chi connectivity index (χ2v) is 11.5. The largest absolute Gasteiger partial charge is 0.444 e. The lowest BCUT2D eigenvalue weighted by Gasteiger charge is -2.34. The quantitative estimate of drug-likeness (QED) is 0.343. The smallest absolute Gasteiger partial charge is 0.407 e. The van der Waals surface area contributed by atoms with E-state index in [0.717, 1.165) is 18.4 Å².